The van der Waals surface area contributed by atoms with Gasteiger partial charge >= 0.3 is 29.6 Å². The summed E-state index contributed by atoms with van der Waals surface area (Å²) in [7, 11) is 0. The second-order valence-electron chi connectivity index (χ2n) is 3.08. The Morgan fingerprint density at radius 3 is 2.27 bits per heavy atom. The van der Waals surface area contributed by atoms with Gasteiger partial charge < -0.3 is 9.35 Å². The third-order valence-electron chi connectivity index (χ3n) is 1.88. The molecule has 0 aliphatic rings. The van der Waals surface area contributed by atoms with Crippen molar-refractivity contribution in [1.29, 1.82) is 0 Å². The van der Waals surface area contributed by atoms with E-state index in [1.807, 2.05) is 0 Å². The van der Waals surface area contributed by atoms with Gasteiger partial charge in [0.15, 0.2) is 0 Å². The van der Waals surface area contributed by atoms with Crippen LogP contribution in [0.4, 0.5) is 0 Å². The van der Waals surface area contributed by atoms with Crippen LogP contribution in [0.15, 0.2) is 29.2 Å². The van der Waals surface area contributed by atoms with Crippen molar-refractivity contribution in [2.75, 3.05) is 0 Å². The molecule has 1 aromatic rings. The van der Waals surface area contributed by atoms with Gasteiger partial charge in [-0.05, 0) is 42.1 Å². The Hall–Kier alpha value is -0.000000000000000222. The molecule has 0 aromatic heterocycles. The minimum absolute atomic E-state index is 0. The summed E-state index contributed by atoms with van der Waals surface area (Å²) < 4.78 is 21.0. The van der Waals surface area contributed by atoms with Gasteiger partial charge in [0.05, 0.1) is 0 Å². The maximum atomic E-state index is 10.7. The summed E-state index contributed by atoms with van der Waals surface area (Å²) in [6.07, 6.45) is 1.17. The van der Waals surface area contributed by atoms with Crippen molar-refractivity contribution in [3.8, 4) is 0 Å². The topological polar surface area (TPSA) is 57.2 Å². The molecule has 1 rings (SSSR count). The molecule has 0 heterocycles. The Labute approximate surface area is 114 Å². The SMILES string of the molecule is CC(=O)CCc1ccc(S(=O)[O-])cc1.[Na+]. The van der Waals surface area contributed by atoms with Crippen molar-refractivity contribution in [2.24, 2.45) is 0 Å². The third kappa shape index (κ3) is 5.58. The molecule has 0 spiro atoms. The quantitative estimate of drug-likeness (QED) is 0.468. The third-order valence-corrected chi connectivity index (χ3v) is 2.54. The van der Waals surface area contributed by atoms with Crippen LogP contribution in [-0.4, -0.2) is 14.5 Å². The van der Waals surface area contributed by atoms with E-state index in [2.05, 4.69) is 0 Å². The summed E-state index contributed by atoms with van der Waals surface area (Å²) in [6, 6.07) is 6.54. The van der Waals surface area contributed by atoms with Gasteiger partial charge in [0.2, 0.25) is 0 Å². The fourth-order valence-electron chi connectivity index (χ4n) is 1.09. The van der Waals surface area contributed by atoms with E-state index in [1.54, 1.807) is 31.2 Å². The predicted molar refractivity (Wildman–Crippen MR) is 52.6 cm³/mol. The van der Waals surface area contributed by atoms with Crippen LogP contribution in [0.25, 0.3) is 0 Å². The fourth-order valence-corrected chi connectivity index (χ4v) is 1.45. The molecule has 0 saturated heterocycles. The first-order chi connectivity index (χ1) is 6.59. The number of carbonyl (C=O) groups is 1. The Kier molecular flexibility index (Phi) is 7.30. The monoisotopic (exact) mass is 234 g/mol. The van der Waals surface area contributed by atoms with Crippen molar-refractivity contribution >= 4 is 16.9 Å². The summed E-state index contributed by atoms with van der Waals surface area (Å²) in [5, 5.41) is 0. The number of hydrogen-bond donors (Lipinski definition) is 0. The summed E-state index contributed by atoms with van der Waals surface area (Å²) in [6.45, 7) is 1.54. The molecule has 0 amide bonds. The van der Waals surface area contributed by atoms with Gasteiger partial charge in [0.1, 0.15) is 5.78 Å². The number of rotatable bonds is 4. The molecular weight excluding hydrogens is 223 g/mol. The number of ketones is 1. The minimum Gasteiger partial charge on any atom is -0.768 e. The average Bonchev–Trinajstić information content (AvgIpc) is 2.15. The number of carbonyl (C=O) groups excluding carboxylic acids is 1. The van der Waals surface area contributed by atoms with Crippen LogP contribution in [-0.2, 0) is 22.3 Å². The molecule has 76 valence electrons. The van der Waals surface area contributed by atoms with Gasteiger partial charge in [-0.1, -0.05) is 12.1 Å². The van der Waals surface area contributed by atoms with E-state index in [0.29, 0.717) is 12.8 Å². The van der Waals surface area contributed by atoms with Gasteiger partial charge in [-0.3, -0.25) is 4.21 Å². The van der Waals surface area contributed by atoms with E-state index in [4.69, 9.17) is 0 Å². The maximum Gasteiger partial charge on any atom is 1.00 e. The van der Waals surface area contributed by atoms with Gasteiger partial charge in [0, 0.05) is 11.3 Å². The van der Waals surface area contributed by atoms with E-state index in [1.165, 1.54) is 0 Å². The first-order valence-corrected chi connectivity index (χ1v) is 5.34. The van der Waals surface area contributed by atoms with Gasteiger partial charge in [-0.2, -0.15) is 0 Å². The molecule has 3 nitrogen and oxygen atoms in total. The Morgan fingerprint density at radius 2 is 1.87 bits per heavy atom. The van der Waals surface area contributed by atoms with Crippen LogP contribution in [0.5, 0.6) is 0 Å². The van der Waals surface area contributed by atoms with Crippen molar-refractivity contribution in [2.45, 2.75) is 24.7 Å². The zero-order chi connectivity index (χ0) is 10.6. The normalized spacial score (nSPS) is 11.6. The molecule has 1 atom stereocenters. The van der Waals surface area contributed by atoms with Crippen molar-refractivity contribution in [3.05, 3.63) is 29.8 Å². The molecule has 0 aliphatic heterocycles. The Balaban J connectivity index is 0.00000196. The molecule has 0 fully saturated rings. The summed E-state index contributed by atoms with van der Waals surface area (Å²) in [5.74, 6) is 0.140. The molecule has 15 heavy (non-hydrogen) atoms. The van der Waals surface area contributed by atoms with E-state index < -0.39 is 11.1 Å². The number of Topliss-reactive ketones (excluding diaryl/α,β-unsaturated/α-hetero) is 1. The average molecular weight is 234 g/mol. The maximum absolute atomic E-state index is 10.7. The number of hydrogen-bond acceptors (Lipinski definition) is 3. The zero-order valence-corrected chi connectivity index (χ0v) is 11.7. The van der Waals surface area contributed by atoms with Crippen LogP contribution in [0.1, 0.15) is 18.9 Å². The second kappa shape index (κ2) is 7.30. The standard InChI is InChI=1S/C10H12O3S.Na/c1-8(11)2-3-9-4-6-10(7-5-9)14(12)13;/h4-7H,2-3H2,1H3,(H,12,13);/q;+1/p-1. The largest absolute Gasteiger partial charge is 1.00 e. The minimum atomic E-state index is -2.17. The first kappa shape index (κ1) is 15.0. The van der Waals surface area contributed by atoms with Crippen LogP contribution < -0.4 is 29.6 Å². The van der Waals surface area contributed by atoms with Crippen molar-refractivity contribution < 1.29 is 43.1 Å². The number of aryl methyl sites for hydroxylation is 1. The molecule has 5 heteroatoms. The molecule has 0 saturated carbocycles. The molecule has 0 bridgehead atoms. The molecule has 0 N–H and O–H groups in total. The summed E-state index contributed by atoms with van der Waals surface area (Å²) in [4.78, 5) is 11.0. The molecule has 0 radical (unpaired) electrons. The molecular formula is C10H11NaO3S. The predicted octanol–water partition coefficient (Wildman–Crippen LogP) is -1.55. The van der Waals surface area contributed by atoms with E-state index in [9.17, 15) is 13.6 Å². The fraction of sp³-hybridized carbons (Fsp3) is 0.300. The molecule has 1 unspecified atom stereocenters. The van der Waals surface area contributed by atoms with E-state index in [-0.39, 0.29) is 40.2 Å². The second-order valence-corrected chi connectivity index (χ2v) is 4.02. The van der Waals surface area contributed by atoms with Gasteiger partial charge in [-0.15, -0.1) is 0 Å². The van der Waals surface area contributed by atoms with Crippen molar-refractivity contribution in [1.82, 2.24) is 0 Å². The van der Waals surface area contributed by atoms with Crippen LogP contribution in [0, 0.1) is 0 Å². The van der Waals surface area contributed by atoms with Crippen molar-refractivity contribution in [3.63, 3.8) is 0 Å². The molecule has 1 aromatic carbocycles. The van der Waals surface area contributed by atoms with Crippen LogP contribution in [0.3, 0.4) is 0 Å². The first-order valence-electron chi connectivity index (χ1n) is 4.27. The van der Waals surface area contributed by atoms with Gasteiger partial charge in [-0.25, -0.2) is 0 Å². The zero-order valence-electron chi connectivity index (χ0n) is 8.86. The molecule has 0 aliphatic carbocycles. The van der Waals surface area contributed by atoms with Crippen LogP contribution in [0.2, 0.25) is 0 Å². The Morgan fingerprint density at radius 1 is 1.33 bits per heavy atom. The van der Waals surface area contributed by atoms with Crippen LogP contribution >= 0.6 is 0 Å². The van der Waals surface area contributed by atoms with E-state index in [0.717, 1.165) is 5.56 Å². The van der Waals surface area contributed by atoms with E-state index >= 15 is 0 Å². The summed E-state index contributed by atoms with van der Waals surface area (Å²) >= 11 is -2.17. The Bertz CT molecular complexity index is 348. The van der Waals surface area contributed by atoms with Gasteiger partial charge in [0.25, 0.3) is 0 Å². The number of benzene rings is 1. The summed E-state index contributed by atoms with van der Waals surface area (Å²) in [5.41, 5.74) is 0.981. The smallest absolute Gasteiger partial charge is 0.768 e.